The summed E-state index contributed by atoms with van der Waals surface area (Å²) >= 11 is 0. The summed E-state index contributed by atoms with van der Waals surface area (Å²) in [6, 6.07) is 7.67. The fourth-order valence-corrected chi connectivity index (χ4v) is 2.69. The van der Waals surface area contributed by atoms with E-state index in [2.05, 4.69) is 4.98 Å². The zero-order chi connectivity index (χ0) is 16.6. The van der Waals surface area contributed by atoms with Crippen LogP contribution in [-0.2, 0) is 4.74 Å². The van der Waals surface area contributed by atoms with E-state index < -0.39 is 5.97 Å². The summed E-state index contributed by atoms with van der Waals surface area (Å²) in [4.78, 5) is 16.3. The van der Waals surface area contributed by atoms with Crippen molar-refractivity contribution in [2.75, 3.05) is 12.8 Å². The number of nitrogens with two attached hydrogens (primary N) is 1. The highest BCUT2D eigenvalue weighted by molar-refractivity contribution is 5.98. The van der Waals surface area contributed by atoms with E-state index >= 15 is 0 Å². The molecule has 2 aromatic heterocycles. The lowest BCUT2D eigenvalue weighted by Crippen LogP contribution is -2.11. The third-order valence-electron chi connectivity index (χ3n) is 3.75. The molecule has 0 aliphatic heterocycles. The molecule has 0 fully saturated rings. The summed E-state index contributed by atoms with van der Waals surface area (Å²) < 4.78 is 6.42. The number of aromatic nitrogens is 2. The predicted octanol–water partition coefficient (Wildman–Crippen LogP) is 2.57. The Labute approximate surface area is 132 Å². The molecule has 0 aliphatic rings. The first-order valence-electron chi connectivity index (χ1n) is 6.91. The predicted molar refractivity (Wildman–Crippen MR) is 86.3 cm³/mol. The van der Waals surface area contributed by atoms with Gasteiger partial charge in [-0.1, -0.05) is 12.1 Å². The molecule has 6 nitrogen and oxygen atoms in total. The van der Waals surface area contributed by atoms with Crippen molar-refractivity contribution in [3.05, 3.63) is 53.6 Å². The number of carbonyl (C=O) groups is 1. The number of nitrogen functional groups attached to an aromatic ring is 1. The molecular weight excluding hydrogens is 292 g/mol. The number of ether oxygens (including phenoxy) is 1. The molecular formula is C17H14N4O2. The molecule has 0 amide bonds. The zero-order valence-corrected chi connectivity index (χ0v) is 12.7. The normalized spacial score (nSPS) is 10.5. The van der Waals surface area contributed by atoms with E-state index in [1.54, 1.807) is 23.2 Å². The van der Waals surface area contributed by atoms with Gasteiger partial charge in [0.25, 0.3) is 0 Å². The summed E-state index contributed by atoms with van der Waals surface area (Å²) in [6.45, 7) is 1.94. The minimum absolute atomic E-state index is 0.114. The fraction of sp³-hybridized carbons (Fsp3) is 0.118. The van der Waals surface area contributed by atoms with Gasteiger partial charge in [0.05, 0.1) is 24.0 Å². The molecule has 1 aromatic carbocycles. The van der Waals surface area contributed by atoms with Gasteiger partial charge in [-0.15, -0.1) is 0 Å². The number of hydrogen-bond acceptors (Lipinski definition) is 5. The minimum atomic E-state index is -0.590. The van der Waals surface area contributed by atoms with Gasteiger partial charge in [-0.25, -0.2) is 4.79 Å². The summed E-state index contributed by atoms with van der Waals surface area (Å²) in [5.74, 6) is -0.590. The average molecular weight is 306 g/mol. The van der Waals surface area contributed by atoms with Gasteiger partial charge >= 0.3 is 5.97 Å². The zero-order valence-electron chi connectivity index (χ0n) is 12.7. The number of anilines is 1. The van der Waals surface area contributed by atoms with Crippen LogP contribution in [0.5, 0.6) is 0 Å². The van der Waals surface area contributed by atoms with E-state index in [-0.39, 0.29) is 16.9 Å². The Morgan fingerprint density at radius 2 is 2.17 bits per heavy atom. The molecule has 3 rings (SSSR count). The Hall–Kier alpha value is -3.33. The lowest BCUT2D eigenvalue weighted by atomic mass is 10.1. The molecule has 0 aliphatic carbocycles. The van der Waals surface area contributed by atoms with Gasteiger partial charge in [0.1, 0.15) is 6.07 Å². The molecule has 2 N–H and O–H groups in total. The first-order chi connectivity index (χ1) is 11.1. The number of benzene rings is 1. The van der Waals surface area contributed by atoms with Crippen LogP contribution in [0, 0.1) is 18.3 Å². The van der Waals surface area contributed by atoms with E-state index in [9.17, 15) is 10.1 Å². The van der Waals surface area contributed by atoms with Crippen LogP contribution in [0.3, 0.4) is 0 Å². The molecule has 0 atom stereocenters. The maximum atomic E-state index is 12.1. The Morgan fingerprint density at radius 1 is 1.39 bits per heavy atom. The largest absolute Gasteiger partial charge is 0.464 e. The molecule has 114 valence electrons. The van der Waals surface area contributed by atoms with Crippen molar-refractivity contribution in [3.8, 4) is 11.8 Å². The van der Waals surface area contributed by atoms with E-state index in [1.807, 2.05) is 31.2 Å². The number of hydrogen-bond donors (Lipinski definition) is 1. The molecule has 0 unspecified atom stereocenters. The summed E-state index contributed by atoms with van der Waals surface area (Å²) in [5.41, 5.74) is 8.15. The second-order valence-corrected chi connectivity index (χ2v) is 5.11. The Kier molecular flexibility index (Phi) is 3.47. The second kappa shape index (κ2) is 5.46. The highest BCUT2D eigenvalue weighted by Crippen LogP contribution is 2.30. The monoisotopic (exact) mass is 306 g/mol. The first-order valence-corrected chi connectivity index (χ1v) is 6.91. The summed E-state index contributed by atoms with van der Waals surface area (Å²) in [7, 11) is 1.28. The van der Waals surface area contributed by atoms with Crippen LogP contribution in [0.2, 0.25) is 0 Å². The third kappa shape index (κ3) is 2.19. The van der Waals surface area contributed by atoms with E-state index in [1.165, 1.54) is 7.11 Å². The standard InChI is InChI=1S/C17H14N4O2/c1-10-7-20-8-11-4-3-5-13(14(10)11)21-9-12(6-18)15(19)16(21)17(22)23-2/h3-5,7-9H,19H2,1-2H3. The van der Waals surface area contributed by atoms with Gasteiger partial charge in [0.15, 0.2) is 5.69 Å². The molecule has 0 saturated carbocycles. The molecule has 3 aromatic rings. The highest BCUT2D eigenvalue weighted by atomic mass is 16.5. The number of nitriles is 1. The number of pyridine rings is 1. The van der Waals surface area contributed by atoms with E-state index in [0.29, 0.717) is 0 Å². The van der Waals surface area contributed by atoms with Crippen molar-refractivity contribution >= 4 is 22.4 Å². The van der Waals surface area contributed by atoms with Gasteiger partial charge in [-0.05, 0) is 18.6 Å². The quantitative estimate of drug-likeness (QED) is 0.734. The second-order valence-electron chi connectivity index (χ2n) is 5.11. The number of fused-ring (bicyclic) bond motifs is 1. The lowest BCUT2D eigenvalue weighted by Gasteiger charge is -2.13. The van der Waals surface area contributed by atoms with Crippen molar-refractivity contribution in [1.29, 1.82) is 5.26 Å². The number of rotatable bonds is 2. The molecule has 0 spiro atoms. The number of carbonyl (C=O) groups excluding carboxylic acids is 1. The molecule has 6 heteroatoms. The Balaban J connectivity index is 2.41. The number of aryl methyl sites for hydroxylation is 1. The maximum Gasteiger partial charge on any atom is 0.357 e. The minimum Gasteiger partial charge on any atom is -0.464 e. The Bertz CT molecular complexity index is 961. The smallest absolute Gasteiger partial charge is 0.357 e. The van der Waals surface area contributed by atoms with E-state index in [4.69, 9.17) is 10.5 Å². The third-order valence-corrected chi connectivity index (χ3v) is 3.75. The molecule has 2 heterocycles. The molecule has 23 heavy (non-hydrogen) atoms. The highest BCUT2D eigenvalue weighted by Gasteiger charge is 2.22. The molecule has 0 saturated heterocycles. The SMILES string of the molecule is COC(=O)c1c(N)c(C#N)cn1-c1cccc2cncc(C)c12. The summed E-state index contributed by atoms with van der Waals surface area (Å²) in [6.07, 6.45) is 5.06. The van der Waals surface area contributed by atoms with Crippen molar-refractivity contribution in [1.82, 2.24) is 9.55 Å². The van der Waals surface area contributed by atoms with Crippen molar-refractivity contribution < 1.29 is 9.53 Å². The van der Waals surface area contributed by atoms with Crippen LogP contribution in [0.1, 0.15) is 21.6 Å². The van der Waals surface area contributed by atoms with Gasteiger partial charge < -0.3 is 15.0 Å². The van der Waals surface area contributed by atoms with Crippen molar-refractivity contribution in [2.24, 2.45) is 0 Å². The summed E-state index contributed by atoms with van der Waals surface area (Å²) in [5, 5.41) is 11.1. The molecule has 0 radical (unpaired) electrons. The van der Waals surface area contributed by atoms with Crippen LogP contribution in [0.4, 0.5) is 5.69 Å². The van der Waals surface area contributed by atoms with Crippen LogP contribution in [0.15, 0.2) is 36.8 Å². The number of nitrogens with zero attached hydrogens (tertiary/aromatic N) is 3. The van der Waals surface area contributed by atoms with Crippen LogP contribution in [-0.4, -0.2) is 22.6 Å². The van der Waals surface area contributed by atoms with Crippen molar-refractivity contribution in [2.45, 2.75) is 6.92 Å². The van der Waals surface area contributed by atoms with E-state index in [0.717, 1.165) is 22.0 Å². The van der Waals surface area contributed by atoms with Crippen LogP contribution < -0.4 is 5.73 Å². The average Bonchev–Trinajstić information content (AvgIpc) is 2.90. The van der Waals surface area contributed by atoms with Gasteiger partial charge in [0.2, 0.25) is 0 Å². The Morgan fingerprint density at radius 3 is 2.87 bits per heavy atom. The topological polar surface area (TPSA) is 93.9 Å². The van der Waals surface area contributed by atoms with Crippen molar-refractivity contribution in [3.63, 3.8) is 0 Å². The van der Waals surface area contributed by atoms with Gasteiger partial charge in [-0.3, -0.25) is 4.98 Å². The van der Waals surface area contributed by atoms with Crippen LogP contribution in [0.25, 0.3) is 16.5 Å². The van der Waals surface area contributed by atoms with Crippen LogP contribution >= 0.6 is 0 Å². The van der Waals surface area contributed by atoms with Gasteiger partial charge in [0, 0.05) is 29.4 Å². The molecule has 0 bridgehead atoms. The lowest BCUT2D eigenvalue weighted by molar-refractivity contribution is 0.0593. The fourth-order valence-electron chi connectivity index (χ4n) is 2.69. The first kappa shape index (κ1) is 14.6. The maximum absolute atomic E-state index is 12.1. The number of methoxy groups -OCH3 is 1. The number of esters is 1. The van der Waals surface area contributed by atoms with Gasteiger partial charge in [-0.2, -0.15) is 5.26 Å².